The van der Waals surface area contributed by atoms with E-state index in [-0.39, 0.29) is 0 Å². The fourth-order valence-corrected chi connectivity index (χ4v) is 4.33. The van der Waals surface area contributed by atoms with Crippen LogP contribution in [0.3, 0.4) is 0 Å². The van der Waals surface area contributed by atoms with E-state index in [2.05, 4.69) is 34.6 Å². The van der Waals surface area contributed by atoms with Gasteiger partial charge in [0.25, 0.3) is 0 Å². The van der Waals surface area contributed by atoms with Gasteiger partial charge in [0.15, 0.2) is 5.96 Å². The van der Waals surface area contributed by atoms with Crippen molar-refractivity contribution in [3.8, 4) is 0 Å². The Morgan fingerprint density at radius 1 is 1.25 bits per heavy atom. The maximum atomic E-state index is 6.03. The molecule has 0 spiro atoms. The highest BCUT2D eigenvalue weighted by molar-refractivity contribution is 7.99. The summed E-state index contributed by atoms with van der Waals surface area (Å²) >= 11 is 1.93. The average molecular weight is 289 g/mol. The van der Waals surface area contributed by atoms with Crippen molar-refractivity contribution < 1.29 is 0 Å². The number of nitrogens with one attached hydrogen (secondary N) is 1. The van der Waals surface area contributed by atoms with Crippen LogP contribution in [0.5, 0.6) is 0 Å². The van der Waals surface area contributed by atoms with E-state index in [1.54, 1.807) is 0 Å². The number of nitrogens with zero attached hydrogens (tertiary/aromatic N) is 1. The Kier molecular flexibility index (Phi) is 4.51. The Bertz CT molecular complexity index is 480. The van der Waals surface area contributed by atoms with Crippen LogP contribution in [0.2, 0.25) is 0 Å². The van der Waals surface area contributed by atoms with Gasteiger partial charge in [-0.15, -0.1) is 11.8 Å². The predicted octanol–water partition coefficient (Wildman–Crippen LogP) is 3.11. The molecule has 108 valence electrons. The molecular formula is C16H23N3S. The molecule has 20 heavy (non-hydrogen) atoms. The summed E-state index contributed by atoms with van der Waals surface area (Å²) < 4.78 is 0. The smallest absolute Gasteiger partial charge is 0.188 e. The molecule has 1 heterocycles. The summed E-state index contributed by atoms with van der Waals surface area (Å²) in [5.74, 6) is 2.27. The highest BCUT2D eigenvalue weighted by atomic mass is 32.2. The van der Waals surface area contributed by atoms with E-state index < -0.39 is 0 Å². The second-order valence-corrected chi connectivity index (χ2v) is 6.81. The van der Waals surface area contributed by atoms with E-state index in [0.29, 0.717) is 17.9 Å². The number of guanidine groups is 1. The molecule has 1 fully saturated rings. The second kappa shape index (κ2) is 6.53. The van der Waals surface area contributed by atoms with Gasteiger partial charge in [-0.1, -0.05) is 37.5 Å². The summed E-state index contributed by atoms with van der Waals surface area (Å²) in [4.78, 5) is 5.98. The van der Waals surface area contributed by atoms with Crippen LogP contribution in [-0.4, -0.2) is 24.3 Å². The van der Waals surface area contributed by atoms with E-state index in [9.17, 15) is 0 Å². The first-order chi connectivity index (χ1) is 9.83. The van der Waals surface area contributed by atoms with Crippen molar-refractivity contribution in [1.29, 1.82) is 0 Å². The van der Waals surface area contributed by atoms with Crippen molar-refractivity contribution in [2.24, 2.45) is 10.7 Å². The molecule has 1 aromatic carbocycles. The standard InChI is InChI=1S/C16H23N3S/c17-16(19-13-6-2-1-3-7-13)18-10-12-11-20-15-9-5-4-8-14(12)15/h4-5,8-9,12-13H,1-3,6-7,10-11H2,(H3,17,18,19). The monoisotopic (exact) mass is 289 g/mol. The van der Waals surface area contributed by atoms with Crippen molar-refractivity contribution in [3.63, 3.8) is 0 Å². The maximum Gasteiger partial charge on any atom is 0.188 e. The molecule has 1 atom stereocenters. The summed E-state index contributed by atoms with van der Waals surface area (Å²) in [6, 6.07) is 9.19. The number of aliphatic imine (C=N–C) groups is 1. The fraction of sp³-hybridized carbons (Fsp3) is 0.562. The summed E-state index contributed by atoms with van der Waals surface area (Å²) in [6.45, 7) is 0.801. The molecule has 1 aliphatic heterocycles. The lowest BCUT2D eigenvalue weighted by Gasteiger charge is -2.23. The number of fused-ring (bicyclic) bond motifs is 1. The van der Waals surface area contributed by atoms with Crippen molar-refractivity contribution in [2.75, 3.05) is 12.3 Å². The Labute approximate surface area is 125 Å². The normalized spacial score (nSPS) is 23.6. The lowest BCUT2D eigenvalue weighted by Crippen LogP contribution is -2.41. The van der Waals surface area contributed by atoms with Crippen molar-refractivity contribution in [1.82, 2.24) is 5.32 Å². The molecule has 1 aliphatic carbocycles. The molecular weight excluding hydrogens is 266 g/mol. The Hall–Kier alpha value is -1.16. The molecule has 0 bridgehead atoms. The van der Waals surface area contributed by atoms with Crippen LogP contribution in [0.1, 0.15) is 43.6 Å². The van der Waals surface area contributed by atoms with Gasteiger partial charge in [-0.3, -0.25) is 4.99 Å². The van der Waals surface area contributed by atoms with E-state index in [4.69, 9.17) is 5.73 Å². The van der Waals surface area contributed by atoms with Gasteiger partial charge in [0.1, 0.15) is 0 Å². The molecule has 3 N–H and O–H groups in total. The van der Waals surface area contributed by atoms with Crippen LogP contribution in [0.4, 0.5) is 0 Å². The molecule has 0 radical (unpaired) electrons. The Morgan fingerprint density at radius 3 is 2.90 bits per heavy atom. The number of rotatable bonds is 3. The molecule has 4 heteroatoms. The van der Waals surface area contributed by atoms with Crippen LogP contribution >= 0.6 is 11.8 Å². The number of nitrogens with two attached hydrogens (primary N) is 1. The molecule has 0 amide bonds. The van der Waals surface area contributed by atoms with Gasteiger partial charge in [-0.05, 0) is 24.5 Å². The zero-order chi connectivity index (χ0) is 13.8. The Morgan fingerprint density at radius 2 is 2.05 bits per heavy atom. The van der Waals surface area contributed by atoms with Crippen LogP contribution in [0, 0.1) is 0 Å². The van der Waals surface area contributed by atoms with Crippen LogP contribution < -0.4 is 11.1 Å². The van der Waals surface area contributed by atoms with Gasteiger partial charge >= 0.3 is 0 Å². The van der Waals surface area contributed by atoms with Gasteiger partial charge in [-0.2, -0.15) is 0 Å². The molecule has 0 aromatic heterocycles. The topological polar surface area (TPSA) is 50.4 Å². The lowest BCUT2D eigenvalue weighted by atomic mass is 9.96. The number of benzene rings is 1. The van der Waals surface area contributed by atoms with Crippen molar-refractivity contribution >= 4 is 17.7 Å². The predicted molar refractivity (Wildman–Crippen MR) is 86.4 cm³/mol. The first-order valence-electron chi connectivity index (χ1n) is 7.61. The third kappa shape index (κ3) is 3.29. The lowest BCUT2D eigenvalue weighted by molar-refractivity contribution is 0.412. The summed E-state index contributed by atoms with van der Waals surface area (Å²) in [7, 11) is 0. The number of thioether (sulfide) groups is 1. The number of hydrogen-bond acceptors (Lipinski definition) is 2. The summed E-state index contributed by atoms with van der Waals surface area (Å²) in [5, 5.41) is 3.39. The van der Waals surface area contributed by atoms with E-state index in [1.807, 2.05) is 11.8 Å². The van der Waals surface area contributed by atoms with Gasteiger partial charge in [0.05, 0.1) is 6.54 Å². The summed E-state index contributed by atoms with van der Waals surface area (Å²) in [5.41, 5.74) is 7.47. The molecule has 3 rings (SSSR count). The van der Waals surface area contributed by atoms with Crippen LogP contribution in [0.15, 0.2) is 34.2 Å². The van der Waals surface area contributed by atoms with Crippen molar-refractivity contribution in [3.05, 3.63) is 29.8 Å². The summed E-state index contributed by atoms with van der Waals surface area (Å²) in [6.07, 6.45) is 6.47. The quantitative estimate of drug-likeness (QED) is 0.664. The average Bonchev–Trinajstić information content (AvgIpc) is 2.89. The first kappa shape index (κ1) is 13.8. The minimum absolute atomic E-state index is 0.517. The van der Waals surface area contributed by atoms with Gasteiger partial charge in [-0.25, -0.2) is 0 Å². The fourth-order valence-electron chi connectivity index (χ4n) is 3.09. The minimum Gasteiger partial charge on any atom is -0.370 e. The molecule has 3 nitrogen and oxygen atoms in total. The molecule has 0 saturated heterocycles. The maximum absolute atomic E-state index is 6.03. The zero-order valence-corrected chi connectivity index (χ0v) is 12.7. The third-order valence-electron chi connectivity index (χ3n) is 4.24. The van der Waals surface area contributed by atoms with E-state index in [0.717, 1.165) is 12.3 Å². The van der Waals surface area contributed by atoms with Gasteiger partial charge < -0.3 is 11.1 Å². The van der Waals surface area contributed by atoms with Crippen LogP contribution in [-0.2, 0) is 0 Å². The van der Waals surface area contributed by atoms with E-state index in [1.165, 1.54) is 42.6 Å². The third-order valence-corrected chi connectivity index (χ3v) is 5.49. The first-order valence-corrected chi connectivity index (χ1v) is 8.59. The van der Waals surface area contributed by atoms with Gasteiger partial charge in [0.2, 0.25) is 0 Å². The molecule has 2 aliphatic rings. The van der Waals surface area contributed by atoms with Crippen LogP contribution in [0.25, 0.3) is 0 Å². The highest BCUT2D eigenvalue weighted by Crippen LogP contribution is 2.39. The molecule has 1 unspecified atom stereocenters. The largest absolute Gasteiger partial charge is 0.370 e. The van der Waals surface area contributed by atoms with Crippen molar-refractivity contribution in [2.45, 2.75) is 49.0 Å². The SMILES string of the molecule is NC(=NCC1CSc2ccccc21)NC1CCCCC1. The molecule has 1 aromatic rings. The second-order valence-electron chi connectivity index (χ2n) is 5.75. The zero-order valence-electron chi connectivity index (χ0n) is 11.8. The Balaban J connectivity index is 1.54. The molecule has 1 saturated carbocycles. The number of hydrogen-bond donors (Lipinski definition) is 2. The highest BCUT2D eigenvalue weighted by Gasteiger charge is 2.22. The van der Waals surface area contributed by atoms with E-state index >= 15 is 0 Å². The minimum atomic E-state index is 0.517. The van der Waals surface area contributed by atoms with Gasteiger partial charge in [0, 0.05) is 22.6 Å².